The smallest absolute Gasteiger partial charge is 0.227 e. The van der Waals surface area contributed by atoms with Gasteiger partial charge in [-0.1, -0.05) is 25.0 Å². The van der Waals surface area contributed by atoms with Gasteiger partial charge in [0.05, 0.1) is 5.92 Å². The fraction of sp³-hybridized carbons (Fsp3) is 0.600. The molecule has 1 saturated heterocycles. The predicted molar refractivity (Wildman–Crippen MR) is 107 cm³/mol. The molecule has 5 nitrogen and oxygen atoms in total. The molecule has 0 radical (unpaired) electrons. The number of nitrogens with one attached hydrogen (secondary N) is 1. The minimum Gasteiger partial charge on any atom is -0.353 e. The Balaban J connectivity index is 0.00000243. The van der Waals surface area contributed by atoms with E-state index in [-0.39, 0.29) is 36.2 Å². The van der Waals surface area contributed by atoms with Crippen molar-refractivity contribution >= 4 is 29.9 Å². The predicted octanol–water partition coefficient (Wildman–Crippen LogP) is 2.71. The van der Waals surface area contributed by atoms with Crippen LogP contribution in [0.4, 0.5) is 5.69 Å². The number of rotatable bonds is 4. The van der Waals surface area contributed by atoms with Crippen LogP contribution in [0.25, 0.3) is 0 Å². The summed E-state index contributed by atoms with van der Waals surface area (Å²) in [5.74, 6) is 0.136. The summed E-state index contributed by atoms with van der Waals surface area (Å²) >= 11 is 0. The lowest BCUT2D eigenvalue weighted by Crippen LogP contribution is -2.47. The maximum Gasteiger partial charge on any atom is 0.227 e. The first kappa shape index (κ1) is 20.7. The van der Waals surface area contributed by atoms with Crippen molar-refractivity contribution in [1.29, 1.82) is 0 Å². The Kier molecular flexibility index (Phi) is 7.07. The molecule has 0 spiro atoms. The summed E-state index contributed by atoms with van der Waals surface area (Å²) in [5.41, 5.74) is 9.05. The monoisotopic (exact) mass is 379 g/mol. The number of carbonyl (C=O) groups excluding carboxylic acids is 2. The standard InChI is InChI=1S/C20H29N3O2.ClH/c1-13-6-5-9-18(14(13)2)23-12-16(10-19(23)24)20(25)22-17-8-4-3-7-15(17)11-21;/h5-6,9,15-17H,3-4,7-8,10-12,21H2,1-2H3,(H,22,25);1H. The Hall–Kier alpha value is -1.59. The first-order valence-electron chi connectivity index (χ1n) is 9.38. The fourth-order valence-corrected chi connectivity index (χ4v) is 4.12. The Morgan fingerprint density at radius 3 is 2.73 bits per heavy atom. The lowest BCUT2D eigenvalue weighted by molar-refractivity contribution is -0.127. The minimum absolute atomic E-state index is 0. The molecule has 2 fully saturated rings. The molecule has 1 aliphatic carbocycles. The number of halogens is 1. The summed E-state index contributed by atoms with van der Waals surface area (Å²) in [4.78, 5) is 27.0. The van der Waals surface area contributed by atoms with Crippen LogP contribution in [0.1, 0.15) is 43.2 Å². The molecule has 3 rings (SSSR count). The highest BCUT2D eigenvalue weighted by atomic mass is 35.5. The number of aryl methyl sites for hydroxylation is 1. The van der Waals surface area contributed by atoms with Crippen molar-refractivity contribution in [2.75, 3.05) is 18.0 Å². The van der Waals surface area contributed by atoms with Crippen molar-refractivity contribution < 1.29 is 9.59 Å². The number of hydrogen-bond donors (Lipinski definition) is 2. The van der Waals surface area contributed by atoms with Gasteiger partial charge in [0.1, 0.15) is 0 Å². The number of anilines is 1. The molecule has 1 aromatic carbocycles. The Bertz CT molecular complexity index is 664. The van der Waals surface area contributed by atoms with Gasteiger partial charge in [0.2, 0.25) is 11.8 Å². The summed E-state index contributed by atoms with van der Waals surface area (Å²) in [7, 11) is 0. The second-order valence-corrected chi connectivity index (χ2v) is 7.52. The van der Waals surface area contributed by atoms with Crippen LogP contribution in [-0.2, 0) is 9.59 Å². The van der Waals surface area contributed by atoms with Gasteiger partial charge < -0.3 is 16.0 Å². The molecule has 0 bridgehead atoms. The first-order chi connectivity index (χ1) is 12.0. The molecule has 3 unspecified atom stereocenters. The topological polar surface area (TPSA) is 75.4 Å². The van der Waals surface area contributed by atoms with Gasteiger partial charge in [-0.15, -0.1) is 12.4 Å². The fourth-order valence-electron chi connectivity index (χ4n) is 4.12. The lowest BCUT2D eigenvalue weighted by atomic mass is 9.84. The van der Waals surface area contributed by atoms with E-state index in [9.17, 15) is 9.59 Å². The van der Waals surface area contributed by atoms with Crippen molar-refractivity contribution in [3.05, 3.63) is 29.3 Å². The third-order valence-electron chi connectivity index (χ3n) is 5.90. The van der Waals surface area contributed by atoms with E-state index in [1.807, 2.05) is 32.0 Å². The molecule has 2 aliphatic rings. The summed E-state index contributed by atoms with van der Waals surface area (Å²) in [6, 6.07) is 6.13. The molecule has 6 heteroatoms. The normalized spacial score (nSPS) is 25.7. The number of hydrogen-bond acceptors (Lipinski definition) is 3. The number of amides is 2. The van der Waals surface area contributed by atoms with E-state index in [2.05, 4.69) is 5.32 Å². The zero-order chi connectivity index (χ0) is 18.0. The van der Waals surface area contributed by atoms with Crippen LogP contribution in [0, 0.1) is 25.7 Å². The van der Waals surface area contributed by atoms with Crippen LogP contribution in [0.2, 0.25) is 0 Å². The van der Waals surface area contributed by atoms with Gasteiger partial charge in [-0.3, -0.25) is 9.59 Å². The van der Waals surface area contributed by atoms with Crippen LogP contribution < -0.4 is 16.0 Å². The Morgan fingerprint density at radius 2 is 2.00 bits per heavy atom. The minimum atomic E-state index is -0.271. The molecule has 1 aromatic rings. The van der Waals surface area contributed by atoms with Gasteiger partial charge in [0.25, 0.3) is 0 Å². The van der Waals surface area contributed by atoms with Crippen molar-refractivity contribution in [2.45, 2.75) is 52.0 Å². The zero-order valence-electron chi connectivity index (χ0n) is 15.7. The van der Waals surface area contributed by atoms with Crippen LogP contribution in [0.3, 0.4) is 0 Å². The number of carbonyl (C=O) groups is 2. The zero-order valence-corrected chi connectivity index (χ0v) is 16.5. The largest absolute Gasteiger partial charge is 0.353 e. The number of nitrogens with zero attached hydrogens (tertiary/aromatic N) is 1. The average molecular weight is 380 g/mol. The number of benzene rings is 1. The van der Waals surface area contributed by atoms with Crippen LogP contribution in [0.5, 0.6) is 0 Å². The molecular formula is C20H30ClN3O2. The molecule has 3 N–H and O–H groups in total. The van der Waals surface area contributed by atoms with Crippen molar-refractivity contribution in [3.8, 4) is 0 Å². The van der Waals surface area contributed by atoms with Gasteiger partial charge in [-0.25, -0.2) is 0 Å². The molecule has 1 aliphatic heterocycles. The molecule has 1 heterocycles. The second kappa shape index (κ2) is 8.87. The molecular weight excluding hydrogens is 350 g/mol. The van der Waals surface area contributed by atoms with Crippen molar-refractivity contribution in [1.82, 2.24) is 5.32 Å². The quantitative estimate of drug-likeness (QED) is 0.844. The maximum absolute atomic E-state index is 12.7. The van der Waals surface area contributed by atoms with Crippen LogP contribution in [-0.4, -0.2) is 30.9 Å². The molecule has 2 amide bonds. The van der Waals surface area contributed by atoms with E-state index in [0.717, 1.165) is 36.1 Å². The van der Waals surface area contributed by atoms with E-state index < -0.39 is 0 Å². The highest BCUT2D eigenvalue weighted by Crippen LogP contribution is 2.30. The van der Waals surface area contributed by atoms with Gasteiger partial charge in [-0.05, 0) is 56.3 Å². The molecule has 144 valence electrons. The summed E-state index contributed by atoms with van der Waals surface area (Å²) in [6.45, 7) is 5.15. The third-order valence-corrected chi connectivity index (χ3v) is 5.90. The average Bonchev–Trinajstić information content (AvgIpc) is 2.99. The second-order valence-electron chi connectivity index (χ2n) is 7.52. The van der Waals surface area contributed by atoms with Crippen LogP contribution >= 0.6 is 12.4 Å². The maximum atomic E-state index is 12.7. The summed E-state index contributed by atoms with van der Waals surface area (Å²) in [6.07, 6.45) is 4.70. The Labute approximate surface area is 162 Å². The van der Waals surface area contributed by atoms with E-state index >= 15 is 0 Å². The lowest BCUT2D eigenvalue weighted by Gasteiger charge is -2.32. The van der Waals surface area contributed by atoms with Gasteiger partial charge in [0.15, 0.2) is 0 Å². The number of nitrogens with two attached hydrogens (primary N) is 1. The van der Waals surface area contributed by atoms with Crippen molar-refractivity contribution in [2.24, 2.45) is 17.6 Å². The molecule has 0 aromatic heterocycles. The van der Waals surface area contributed by atoms with Crippen molar-refractivity contribution in [3.63, 3.8) is 0 Å². The summed E-state index contributed by atoms with van der Waals surface area (Å²) < 4.78 is 0. The molecule has 3 atom stereocenters. The van der Waals surface area contributed by atoms with Crippen LogP contribution in [0.15, 0.2) is 18.2 Å². The van der Waals surface area contributed by atoms with E-state index in [0.29, 0.717) is 25.4 Å². The first-order valence-corrected chi connectivity index (χ1v) is 9.38. The SMILES string of the molecule is Cc1cccc(N2CC(C(=O)NC3CCCCC3CN)CC2=O)c1C.Cl. The Morgan fingerprint density at radius 1 is 1.27 bits per heavy atom. The van der Waals surface area contributed by atoms with E-state index in [1.54, 1.807) is 4.90 Å². The summed E-state index contributed by atoms with van der Waals surface area (Å²) in [5, 5.41) is 3.18. The van der Waals surface area contributed by atoms with Gasteiger partial charge in [-0.2, -0.15) is 0 Å². The third kappa shape index (κ3) is 4.21. The highest BCUT2D eigenvalue weighted by molar-refractivity contribution is 6.01. The van der Waals surface area contributed by atoms with Gasteiger partial charge in [0, 0.05) is 24.7 Å². The van der Waals surface area contributed by atoms with E-state index in [1.165, 1.54) is 6.42 Å². The van der Waals surface area contributed by atoms with Gasteiger partial charge >= 0.3 is 0 Å². The highest BCUT2D eigenvalue weighted by Gasteiger charge is 2.37. The molecule has 26 heavy (non-hydrogen) atoms. The molecule has 1 saturated carbocycles. The van der Waals surface area contributed by atoms with E-state index in [4.69, 9.17) is 5.73 Å².